The zero-order valence-electron chi connectivity index (χ0n) is 9.99. The molecule has 1 fully saturated rings. The predicted octanol–water partition coefficient (Wildman–Crippen LogP) is 2.32. The summed E-state index contributed by atoms with van der Waals surface area (Å²) in [6, 6.07) is 3.80. The topological polar surface area (TPSA) is 33.2 Å². The number of hydrogen-bond acceptors (Lipinski definition) is 2. The molecule has 1 aromatic heterocycles. The Balaban J connectivity index is 2.19. The lowest BCUT2D eigenvalue weighted by atomic mass is 10.1. The first-order valence-electron chi connectivity index (χ1n) is 5.92. The van der Waals surface area contributed by atoms with Gasteiger partial charge >= 0.3 is 0 Å². The minimum Gasteiger partial charge on any atom is -0.339 e. The number of hydrogen-bond donors (Lipinski definition) is 0. The Morgan fingerprint density at radius 1 is 1.19 bits per heavy atom. The summed E-state index contributed by atoms with van der Waals surface area (Å²) in [5.74, 6) is 0.143. The van der Waals surface area contributed by atoms with Crippen molar-refractivity contribution in [3.8, 4) is 0 Å². The molecule has 0 atom stereocenters. The third kappa shape index (κ3) is 2.23. The quantitative estimate of drug-likeness (QED) is 0.724. The van der Waals surface area contributed by atoms with Crippen LogP contribution < -0.4 is 0 Å². The minimum atomic E-state index is 0.143. The van der Waals surface area contributed by atoms with Gasteiger partial charge in [0, 0.05) is 18.8 Å². The zero-order valence-corrected chi connectivity index (χ0v) is 9.99. The molecule has 1 aliphatic heterocycles. The van der Waals surface area contributed by atoms with E-state index in [-0.39, 0.29) is 5.91 Å². The second kappa shape index (κ2) is 4.64. The van der Waals surface area contributed by atoms with Gasteiger partial charge in [-0.3, -0.25) is 9.78 Å². The van der Waals surface area contributed by atoms with E-state index in [9.17, 15) is 4.79 Å². The number of amides is 1. The van der Waals surface area contributed by atoms with E-state index in [0.717, 1.165) is 42.9 Å². The molecule has 0 aromatic carbocycles. The molecule has 16 heavy (non-hydrogen) atoms. The first-order chi connectivity index (χ1) is 7.68. The summed E-state index contributed by atoms with van der Waals surface area (Å²) in [4.78, 5) is 18.5. The van der Waals surface area contributed by atoms with Crippen LogP contribution in [-0.2, 0) is 0 Å². The Morgan fingerprint density at radius 2 is 1.88 bits per heavy atom. The van der Waals surface area contributed by atoms with Crippen LogP contribution in [0.15, 0.2) is 12.1 Å². The number of aromatic nitrogens is 1. The van der Waals surface area contributed by atoms with Crippen LogP contribution >= 0.6 is 0 Å². The summed E-state index contributed by atoms with van der Waals surface area (Å²) in [7, 11) is 0. The SMILES string of the molecule is Cc1ccc(C(=O)N2CCCCC2)c(C)n1. The Hall–Kier alpha value is -1.38. The van der Waals surface area contributed by atoms with Crippen molar-refractivity contribution >= 4 is 5.91 Å². The van der Waals surface area contributed by atoms with Gasteiger partial charge in [0.15, 0.2) is 0 Å². The Labute approximate surface area is 96.5 Å². The summed E-state index contributed by atoms with van der Waals surface area (Å²) in [5.41, 5.74) is 2.57. The molecule has 1 aromatic rings. The van der Waals surface area contributed by atoms with Gasteiger partial charge in [-0.1, -0.05) is 0 Å². The lowest BCUT2D eigenvalue weighted by Crippen LogP contribution is -2.36. The molecule has 0 spiro atoms. The van der Waals surface area contributed by atoms with E-state index < -0.39 is 0 Å². The molecule has 2 heterocycles. The highest BCUT2D eigenvalue weighted by atomic mass is 16.2. The summed E-state index contributed by atoms with van der Waals surface area (Å²) in [5, 5.41) is 0. The number of nitrogens with zero attached hydrogens (tertiary/aromatic N) is 2. The van der Waals surface area contributed by atoms with Gasteiger partial charge in [-0.2, -0.15) is 0 Å². The average Bonchev–Trinajstić information content (AvgIpc) is 2.29. The van der Waals surface area contributed by atoms with Crippen LogP contribution in [0.2, 0.25) is 0 Å². The number of carbonyl (C=O) groups is 1. The van der Waals surface area contributed by atoms with E-state index >= 15 is 0 Å². The zero-order chi connectivity index (χ0) is 11.5. The summed E-state index contributed by atoms with van der Waals surface area (Å²) in [6.07, 6.45) is 3.50. The molecule has 0 unspecified atom stereocenters. The number of carbonyl (C=O) groups excluding carboxylic acids is 1. The highest BCUT2D eigenvalue weighted by Gasteiger charge is 2.19. The number of pyridine rings is 1. The number of aryl methyl sites for hydroxylation is 2. The van der Waals surface area contributed by atoms with Crippen molar-refractivity contribution in [2.75, 3.05) is 13.1 Å². The fourth-order valence-electron chi connectivity index (χ4n) is 2.18. The molecule has 0 radical (unpaired) electrons. The molecule has 1 aliphatic rings. The Morgan fingerprint density at radius 3 is 2.50 bits per heavy atom. The van der Waals surface area contributed by atoms with Gasteiger partial charge in [-0.25, -0.2) is 0 Å². The molecule has 0 N–H and O–H groups in total. The molecular weight excluding hydrogens is 200 g/mol. The second-order valence-electron chi connectivity index (χ2n) is 4.44. The van der Waals surface area contributed by atoms with Crippen LogP contribution in [0.3, 0.4) is 0 Å². The molecule has 1 amide bonds. The van der Waals surface area contributed by atoms with Crippen LogP contribution in [0.25, 0.3) is 0 Å². The fraction of sp³-hybridized carbons (Fsp3) is 0.538. The molecule has 86 valence electrons. The Bertz CT molecular complexity index is 395. The highest BCUT2D eigenvalue weighted by molar-refractivity contribution is 5.95. The molecule has 0 aliphatic carbocycles. The van der Waals surface area contributed by atoms with Crippen molar-refractivity contribution in [2.24, 2.45) is 0 Å². The maximum atomic E-state index is 12.2. The van der Waals surface area contributed by atoms with E-state index in [1.807, 2.05) is 30.9 Å². The predicted molar refractivity (Wildman–Crippen MR) is 63.5 cm³/mol. The minimum absolute atomic E-state index is 0.143. The van der Waals surface area contributed by atoms with Crippen LogP contribution in [0.4, 0.5) is 0 Å². The van der Waals surface area contributed by atoms with Crippen molar-refractivity contribution in [1.82, 2.24) is 9.88 Å². The second-order valence-corrected chi connectivity index (χ2v) is 4.44. The normalized spacial score (nSPS) is 16.2. The Kier molecular flexibility index (Phi) is 3.22. The smallest absolute Gasteiger partial charge is 0.255 e. The first-order valence-corrected chi connectivity index (χ1v) is 5.92. The van der Waals surface area contributed by atoms with Gasteiger partial charge in [-0.15, -0.1) is 0 Å². The van der Waals surface area contributed by atoms with Gasteiger partial charge in [-0.05, 0) is 45.2 Å². The average molecular weight is 218 g/mol. The largest absolute Gasteiger partial charge is 0.339 e. The lowest BCUT2D eigenvalue weighted by molar-refractivity contribution is 0.0723. The van der Waals surface area contributed by atoms with Gasteiger partial charge in [0.05, 0.1) is 11.3 Å². The highest BCUT2D eigenvalue weighted by Crippen LogP contribution is 2.15. The summed E-state index contributed by atoms with van der Waals surface area (Å²) >= 11 is 0. The van der Waals surface area contributed by atoms with Crippen LogP contribution in [0.1, 0.15) is 41.0 Å². The third-order valence-corrected chi connectivity index (χ3v) is 3.10. The maximum absolute atomic E-state index is 12.2. The van der Waals surface area contributed by atoms with Crippen LogP contribution in [0, 0.1) is 13.8 Å². The molecule has 1 saturated heterocycles. The molecule has 3 nitrogen and oxygen atoms in total. The number of rotatable bonds is 1. The van der Waals surface area contributed by atoms with Crippen LogP contribution in [0.5, 0.6) is 0 Å². The molecular formula is C13H18N2O. The van der Waals surface area contributed by atoms with E-state index in [2.05, 4.69) is 4.98 Å². The van der Waals surface area contributed by atoms with Gasteiger partial charge in [0.1, 0.15) is 0 Å². The van der Waals surface area contributed by atoms with E-state index in [1.54, 1.807) is 0 Å². The maximum Gasteiger partial charge on any atom is 0.255 e. The van der Waals surface area contributed by atoms with Gasteiger partial charge < -0.3 is 4.90 Å². The number of piperidine rings is 1. The molecule has 0 bridgehead atoms. The van der Waals surface area contributed by atoms with Gasteiger partial charge in [0.2, 0.25) is 0 Å². The monoisotopic (exact) mass is 218 g/mol. The lowest BCUT2D eigenvalue weighted by Gasteiger charge is -2.27. The van der Waals surface area contributed by atoms with E-state index in [4.69, 9.17) is 0 Å². The van der Waals surface area contributed by atoms with Crippen molar-refractivity contribution < 1.29 is 4.79 Å². The fourth-order valence-corrected chi connectivity index (χ4v) is 2.18. The van der Waals surface area contributed by atoms with E-state index in [0.29, 0.717) is 0 Å². The van der Waals surface area contributed by atoms with E-state index in [1.165, 1.54) is 6.42 Å². The molecule has 3 heteroatoms. The van der Waals surface area contributed by atoms with Crippen molar-refractivity contribution in [2.45, 2.75) is 33.1 Å². The summed E-state index contributed by atoms with van der Waals surface area (Å²) < 4.78 is 0. The number of likely N-dealkylation sites (tertiary alicyclic amines) is 1. The standard InChI is InChI=1S/C13H18N2O/c1-10-6-7-12(11(2)14-10)13(16)15-8-4-3-5-9-15/h6-7H,3-5,8-9H2,1-2H3. The van der Waals surface area contributed by atoms with Gasteiger partial charge in [0.25, 0.3) is 5.91 Å². The summed E-state index contributed by atoms with van der Waals surface area (Å²) in [6.45, 7) is 5.64. The van der Waals surface area contributed by atoms with Crippen molar-refractivity contribution in [3.05, 3.63) is 29.1 Å². The molecule has 2 rings (SSSR count). The van der Waals surface area contributed by atoms with Crippen molar-refractivity contribution in [1.29, 1.82) is 0 Å². The first kappa shape index (κ1) is 11.1. The van der Waals surface area contributed by atoms with Crippen molar-refractivity contribution in [3.63, 3.8) is 0 Å². The molecule has 0 saturated carbocycles. The van der Waals surface area contributed by atoms with Crippen LogP contribution in [-0.4, -0.2) is 28.9 Å². The third-order valence-electron chi connectivity index (χ3n) is 3.10.